The van der Waals surface area contributed by atoms with Gasteiger partial charge in [0.15, 0.2) is 5.65 Å². The molecular formula is C26H27ClN6O2. The highest BCUT2D eigenvalue weighted by atomic mass is 35.5. The van der Waals surface area contributed by atoms with Gasteiger partial charge in [-0.05, 0) is 62.6 Å². The van der Waals surface area contributed by atoms with E-state index in [0.29, 0.717) is 23.9 Å². The molecule has 180 valence electrons. The van der Waals surface area contributed by atoms with Gasteiger partial charge in [0.1, 0.15) is 23.7 Å². The monoisotopic (exact) mass is 490 g/mol. The van der Waals surface area contributed by atoms with Crippen LogP contribution in [0.2, 0.25) is 5.02 Å². The third-order valence-corrected chi connectivity index (χ3v) is 7.24. The first-order valence-electron chi connectivity index (χ1n) is 11.8. The molecule has 0 saturated heterocycles. The number of ether oxygens (including phenoxy) is 1. The first-order valence-corrected chi connectivity index (χ1v) is 12.2. The summed E-state index contributed by atoms with van der Waals surface area (Å²) in [7, 11) is 0. The minimum absolute atomic E-state index is 0.0582. The summed E-state index contributed by atoms with van der Waals surface area (Å²) in [4.78, 5) is 18.3. The number of hydrogen-bond donors (Lipinski definition) is 1. The molecule has 3 aliphatic rings. The fourth-order valence-corrected chi connectivity index (χ4v) is 5.52. The molecule has 1 N–H and O–H groups in total. The Morgan fingerprint density at radius 1 is 1.17 bits per heavy atom. The van der Waals surface area contributed by atoms with Gasteiger partial charge in [-0.3, -0.25) is 14.1 Å². The van der Waals surface area contributed by atoms with Gasteiger partial charge in [-0.2, -0.15) is 0 Å². The number of aryl methyl sites for hydroxylation is 2. The van der Waals surface area contributed by atoms with Crippen molar-refractivity contribution < 1.29 is 9.53 Å². The standard InChI is InChI=1S/C26H27ClN6O2/c1-14(2)32-23-21(28-25(32)18-9-10-35-13-18)26(34)33(22(23)17-5-7-19(27)8-6-17)20-11-15(3)24-30-29-16(4)31(24)12-20/h5-9,11-12,14,22,25,28H,10,13H2,1-4H3/t22?,25-/m1/s1. The van der Waals surface area contributed by atoms with E-state index in [1.165, 1.54) is 0 Å². The molecule has 5 heterocycles. The molecule has 1 unspecified atom stereocenters. The maximum atomic E-state index is 14.1. The van der Waals surface area contributed by atoms with E-state index < -0.39 is 0 Å². The number of anilines is 1. The van der Waals surface area contributed by atoms with Crippen LogP contribution in [0.1, 0.15) is 36.8 Å². The third kappa shape index (κ3) is 3.35. The third-order valence-electron chi connectivity index (χ3n) is 6.99. The molecule has 9 heteroatoms. The molecule has 35 heavy (non-hydrogen) atoms. The van der Waals surface area contributed by atoms with E-state index in [-0.39, 0.29) is 24.2 Å². The van der Waals surface area contributed by atoms with Crippen LogP contribution in [-0.4, -0.2) is 50.8 Å². The van der Waals surface area contributed by atoms with Crippen LogP contribution in [0.4, 0.5) is 5.69 Å². The minimum Gasteiger partial charge on any atom is -0.373 e. The highest BCUT2D eigenvalue weighted by Crippen LogP contribution is 2.47. The summed E-state index contributed by atoms with van der Waals surface area (Å²) in [6, 6.07) is 9.62. The number of halogens is 1. The summed E-state index contributed by atoms with van der Waals surface area (Å²) in [5, 5.41) is 12.7. The van der Waals surface area contributed by atoms with Crippen molar-refractivity contribution in [1.82, 2.24) is 24.8 Å². The summed E-state index contributed by atoms with van der Waals surface area (Å²) in [6.45, 7) is 9.38. The lowest BCUT2D eigenvalue weighted by Gasteiger charge is -2.39. The molecule has 0 spiro atoms. The molecule has 3 aliphatic heterocycles. The average molecular weight is 491 g/mol. The zero-order chi connectivity index (χ0) is 24.4. The van der Waals surface area contributed by atoms with Gasteiger partial charge in [-0.1, -0.05) is 29.8 Å². The number of carbonyl (C=O) groups excluding carboxylic acids is 1. The SMILES string of the molecule is Cc1cc(N2C(=O)C3=C(C2c2ccc(Cl)cc2)N(C(C)C)[C@H](C2=CCOC2)N3)cn2c(C)nnc12. The zero-order valence-electron chi connectivity index (χ0n) is 20.1. The van der Waals surface area contributed by atoms with Crippen LogP contribution in [0.5, 0.6) is 0 Å². The number of carbonyl (C=O) groups is 1. The molecule has 0 saturated carbocycles. The molecule has 6 rings (SSSR count). The Kier molecular flexibility index (Phi) is 5.12. The molecular weight excluding hydrogens is 464 g/mol. The average Bonchev–Trinajstić information content (AvgIpc) is 3.59. The van der Waals surface area contributed by atoms with Crippen molar-refractivity contribution in [1.29, 1.82) is 0 Å². The second-order valence-electron chi connectivity index (χ2n) is 9.55. The molecule has 1 amide bonds. The van der Waals surface area contributed by atoms with Crippen LogP contribution >= 0.6 is 11.6 Å². The Labute approximate surface area is 208 Å². The number of nitrogens with one attached hydrogen (secondary N) is 1. The normalized spacial score (nSPS) is 22.0. The number of rotatable bonds is 4. The van der Waals surface area contributed by atoms with Crippen molar-refractivity contribution in [2.24, 2.45) is 0 Å². The minimum atomic E-state index is -0.314. The van der Waals surface area contributed by atoms with Crippen molar-refractivity contribution in [3.63, 3.8) is 0 Å². The van der Waals surface area contributed by atoms with E-state index in [4.69, 9.17) is 16.3 Å². The maximum Gasteiger partial charge on any atom is 0.277 e. The van der Waals surface area contributed by atoms with E-state index >= 15 is 0 Å². The highest BCUT2D eigenvalue weighted by Gasteiger charge is 2.51. The summed E-state index contributed by atoms with van der Waals surface area (Å²) in [6.07, 6.45) is 3.96. The molecule has 0 fully saturated rings. The predicted octanol–water partition coefficient (Wildman–Crippen LogP) is 3.90. The highest BCUT2D eigenvalue weighted by molar-refractivity contribution is 6.30. The van der Waals surface area contributed by atoms with Crippen LogP contribution in [0.3, 0.4) is 0 Å². The molecule has 1 aromatic carbocycles. The molecule has 8 nitrogen and oxygen atoms in total. The second kappa shape index (κ2) is 8.10. The number of fused-ring (bicyclic) bond motifs is 1. The lowest BCUT2D eigenvalue weighted by Crippen LogP contribution is -2.48. The molecule has 0 radical (unpaired) electrons. The van der Waals surface area contributed by atoms with Gasteiger partial charge in [-0.15, -0.1) is 10.2 Å². The van der Waals surface area contributed by atoms with E-state index in [1.54, 1.807) is 0 Å². The summed E-state index contributed by atoms with van der Waals surface area (Å²) >= 11 is 6.24. The number of nitrogens with zero attached hydrogens (tertiary/aromatic N) is 5. The van der Waals surface area contributed by atoms with Crippen molar-refractivity contribution in [2.45, 2.75) is 45.9 Å². The van der Waals surface area contributed by atoms with Crippen LogP contribution in [-0.2, 0) is 9.53 Å². The van der Waals surface area contributed by atoms with Crippen LogP contribution < -0.4 is 10.2 Å². The number of amides is 1. The van der Waals surface area contributed by atoms with E-state index in [2.05, 4.69) is 40.3 Å². The number of aromatic nitrogens is 3. The smallest absolute Gasteiger partial charge is 0.277 e. The molecule has 0 bridgehead atoms. The zero-order valence-corrected chi connectivity index (χ0v) is 20.9. The number of pyridine rings is 1. The molecule has 0 aliphatic carbocycles. The summed E-state index contributed by atoms with van der Waals surface area (Å²) in [5.74, 6) is 0.715. The Bertz CT molecular complexity index is 1410. The van der Waals surface area contributed by atoms with Gasteiger partial charge in [-0.25, -0.2) is 0 Å². The number of benzene rings is 1. The van der Waals surface area contributed by atoms with Crippen molar-refractivity contribution >= 4 is 28.8 Å². The lowest BCUT2D eigenvalue weighted by atomic mass is 10.0. The Morgan fingerprint density at radius 3 is 2.63 bits per heavy atom. The van der Waals surface area contributed by atoms with E-state index in [0.717, 1.165) is 39.6 Å². The van der Waals surface area contributed by atoms with Gasteiger partial charge in [0.25, 0.3) is 5.91 Å². The van der Waals surface area contributed by atoms with Gasteiger partial charge < -0.3 is 15.0 Å². The second-order valence-corrected chi connectivity index (χ2v) is 9.99. The Hall–Kier alpha value is -3.36. The summed E-state index contributed by atoms with van der Waals surface area (Å²) in [5.41, 5.74) is 6.30. The Balaban J connectivity index is 1.52. The van der Waals surface area contributed by atoms with Crippen molar-refractivity contribution in [3.8, 4) is 0 Å². The lowest BCUT2D eigenvalue weighted by molar-refractivity contribution is -0.115. The van der Waals surface area contributed by atoms with Gasteiger partial charge in [0.2, 0.25) is 0 Å². The van der Waals surface area contributed by atoms with Gasteiger partial charge in [0, 0.05) is 17.3 Å². The fourth-order valence-electron chi connectivity index (χ4n) is 5.40. The van der Waals surface area contributed by atoms with Crippen LogP contribution in [0.25, 0.3) is 5.65 Å². The molecule has 2 aromatic heterocycles. The van der Waals surface area contributed by atoms with E-state index in [9.17, 15) is 4.79 Å². The van der Waals surface area contributed by atoms with E-state index in [1.807, 2.05) is 59.7 Å². The summed E-state index contributed by atoms with van der Waals surface area (Å²) < 4.78 is 7.56. The first-order chi connectivity index (χ1) is 16.8. The topological polar surface area (TPSA) is 75.0 Å². The van der Waals surface area contributed by atoms with Crippen LogP contribution in [0.15, 0.2) is 59.6 Å². The number of hydrogen-bond acceptors (Lipinski definition) is 6. The van der Waals surface area contributed by atoms with Crippen LogP contribution in [0, 0.1) is 13.8 Å². The van der Waals surface area contributed by atoms with Crippen molar-refractivity contribution in [3.05, 3.63) is 81.5 Å². The van der Waals surface area contributed by atoms with Gasteiger partial charge in [0.05, 0.1) is 24.6 Å². The van der Waals surface area contributed by atoms with Gasteiger partial charge >= 0.3 is 0 Å². The quantitative estimate of drug-likeness (QED) is 0.559. The fraction of sp³-hybridized carbons (Fsp3) is 0.346. The molecule has 3 aromatic rings. The predicted molar refractivity (Wildman–Crippen MR) is 134 cm³/mol. The maximum absolute atomic E-state index is 14.1. The Morgan fingerprint density at radius 2 is 1.94 bits per heavy atom. The largest absolute Gasteiger partial charge is 0.373 e. The van der Waals surface area contributed by atoms with Crippen molar-refractivity contribution in [2.75, 3.05) is 18.1 Å². The first kappa shape index (κ1) is 22.1. The molecule has 2 atom stereocenters.